The zero-order chi connectivity index (χ0) is 14.9. The van der Waals surface area contributed by atoms with Crippen molar-refractivity contribution in [1.29, 1.82) is 0 Å². The maximum absolute atomic E-state index is 11.7. The van der Waals surface area contributed by atoms with E-state index in [1.165, 1.54) is 5.56 Å². The molecule has 0 saturated heterocycles. The maximum atomic E-state index is 11.7. The predicted octanol–water partition coefficient (Wildman–Crippen LogP) is 1.79. The number of hydrogen-bond acceptors (Lipinski definition) is 5. The number of fused-ring (bicyclic) bond motifs is 1. The second-order valence-electron chi connectivity index (χ2n) is 5.70. The van der Waals surface area contributed by atoms with Crippen molar-refractivity contribution in [2.24, 2.45) is 0 Å². The molecule has 0 amide bonds. The normalized spacial score (nSPS) is 21.3. The molecule has 0 bridgehead atoms. The smallest absolute Gasteiger partial charge is 0.271 e. The summed E-state index contributed by atoms with van der Waals surface area (Å²) < 4.78 is 0. The van der Waals surface area contributed by atoms with E-state index in [1.54, 1.807) is 12.4 Å². The highest BCUT2D eigenvalue weighted by molar-refractivity contribution is 5.78. The van der Waals surface area contributed by atoms with Gasteiger partial charge in [0.05, 0.1) is 23.3 Å². The molecule has 3 N–H and O–H groups in total. The molecule has 1 aromatic carbocycles. The van der Waals surface area contributed by atoms with Crippen LogP contribution in [-0.4, -0.2) is 31.4 Å². The molecule has 2 unspecified atom stereocenters. The van der Waals surface area contributed by atoms with Crippen molar-refractivity contribution in [3.8, 4) is 0 Å². The molecule has 2 aromatic heterocycles. The Morgan fingerprint density at radius 3 is 3.00 bits per heavy atom. The first-order chi connectivity index (χ1) is 10.8. The van der Waals surface area contributed by atoms with Crippen molar-refractivity contribution in [1.82, 2.24) is 25.4 Å². The van der Waals surface area contributed by atoms with Crippen LogP contribution in [0.2, 0.25) is 0 Å². The molecular weight excluding hydrogens is 280 g/mol. The summed E-state index contributed by atoms with van der Waals surface area (Å²) in [6.07, 6.45) is 6.35. The lowest BCUT2D eigenvalue weighted by atomic mass is 9.96. The van der Waals surface area contributed by atoms with Crippen molar-refractivity contribution in [3.05, 3.63) is 46.5 Å². The van der Waals surface area contributed by atoms with E-state index < -0.39 is 0 Å². The van der Waals surface area contributed by atoms with Gasteiger partial charge < -0.3 is 5.32 Å². The molecule has 1 fully saturated rings. The first kappa shape index (κ1) is 13.0. The summed E-state index contributed by atoms with van der Waals surface area (Å²) in [6.45, 7) is 0. The highest BCUT2D eigenvalue weighted by Crippen LogP contribution is 2.36. The van der Waals surface area contributed by atoms with Gasteiger partial charge >= 0.3 is 0 Å². The Labute approximate surface area is 126 Å². The number of rotatable bonds is 3. The van der Waals surface area contributed by atoms with Crippen LogP contribution in [0.15, 0.2) is 35.4 Å². The van der Waals surface area contributed by atoms with Gasteiger partial charge in [0.1, 0.15) is 0 Å². The minimum absolute atomic E-state index is 0.0618. The van der Waals surface area contributed by atoms with Crippen LogP contribution < -0.4 is 10.9 Å². The lowest BCUT2D eigenvalue weighted by Gasteiger charge is -2.13. The minimum Gasteiger partial charge on any atom is -0.350 e. The van der Waals surface area contributed by atoms with E-state index in [1.807, 2.05) is 12.1 Å². The Balaban J connectivity index is 1.51. The quantitative estimate of drug-likeness (QED) is 0.684. The van der Waals surface area contributed by atoms with E-state index in [9.17, 15) is 4.79 Å². The SMILES string of the molecule is O=c1[nH][nH]c2ccc(C3CCC(Nc4nccnn4)C3)cc12. The maximum Gasteiger partial charge on any atom is 0.271 e. The Morgan fingerprint density at radius 1 is 1.18 bits per heavy atom. The zero-order valence-corrected chi connectivity index (χ0v) is 11.9. The summed E-state index contributed by atoms with van der Waals surface area (Å²) in [5.41, 5.74) is 2.01. The van der Waals surface area contributed by atoms with E-state index in [2.05, 4.69) is 36.8 Å². The van der Waals surface area contributed by atoms with Crippen molar-refractivity contribution < 1.29 is 0 Å². The van der Waals surface area contributed by atoms with Crippen LogP contribution in [0.3, 0.4) is 0 Å². The number of aromatic nitrogens is 5. The lowest BCUT2D eigenvalue weighted by Crippen LogP contribution is -2.17. The number of nitrogens with zero attached hydrogens (tertiary/aromatic N) is 3. The summed E-state index contributed by atoms with van der Waals surface area (Å²) >= 11 is 0. The number of anilines is 1. The molecule has 0 spiro atoms. The van der Waals surface area contributed by atoms with Gasteiger partial charge in [0, 0.05) is 6.04 Å². The molecule has 1 aliphatic rings. The van der Waals surface area contributed by atoms with Crippen LogP contribution >= 0.6 is 0 Å². The van der Waals surface area contributed by atoms with Crippen molar-refractivity contribution >= 4 is 16.9 Å². The summed E-state index contributed by atoms with van der Waals surface area (Å²) in [4.78, 5) is 15.9. The van der Waals surface area contributed by atoms with Crippen LogP contribution in [0.1, 0.15) is 30.7 Å². The number of hydrogen-bond donors (Lipinski definition) is 3. The molecule has 1 aliphatic carbocycles. The van der Waals surface area contributed by atoms with E-state index in [4.69, 9.17) is 0 Å². The third kappa shape index (κ3) is 2.34. The molecule has 0 aliphatic heterocycles. The predicted molar refractivity (Wildman–Crippen MR) is 82.7 cm³/mol. The van der Waals surface area contributed by atoms with Gasteiger partial charge in [-0.3, -0.25) is 15.0 Å². The van der Waals surface area contributed by atoms with Crippen LogP contribution in [-0.2, 0) is 0 Å². The monoisotopic (exact) mass is 296 g/mol. The van der Waals surface area contributed by atoms with Gasteiger partial charge in [-0.15, -0.1) is 5.10 Å². The average molecular weight is 296 g/mol. The topological polar surface area (TPSA) is 99.3 Å². The fourth-order valence-electron chi connectivity index (χ4n) is 3.22. The molecule has 112 valence electrons. The Bertz CT molecular complexity index is 840. The van der Waals surface area contributed by atoms with Crippen LogP contribution in [0.25, 0.3) is 10.9 Å². The highest BCUT2D eigenvalue weighted by Gasteiger charge is 2.26. The van der Waals surface area contributed by atoms with Crippen molar-refractivity contribution in [2.75, 3.05) is 5.32 Å². The van der Waals surface area contributed by atoms with Gasteiger partial charge in [0.15, 0.2) is 0 Å². The molecule has 2 atom stereocenters. The molecule has 4 rings (SSSR count). The summed E-state index contributed by atoms with van der Waals surface area (Å²) in [5.74, 6) is 1.03. The summed E-state index contributed by atoms with van der Waals surface area (Å²) in [7, 11) is 0. The third-order valence-electron chi connectivity index (χ3n) is 4.32. The number of H-pyrrole nitrogens is 2. The molecular formula is C15H16N6O. The first-order valence-corrected chi connectivity index (χ1v) is 7.40. The van der Waals surface area contributed by atoms with Crippen molar-refractivity contribution in [3.63, 3.8) is 0 Å². The van der Waals surface area contributed by atoms with Gasteiger partial charge in [-0.05, 0) is 42.9 Å². The third-order valence-corrected chi connectivity index (χ3v) is 4.32. The van der Waals surface area contributed by atoms with E-state index in [0.717, 1.165) is 30.2 Å². The number of nitrogens with one attached hydrogen (secondary N) is 3. The van der Waals surface area contributed by atoms with Gasteiger partial charge in [-0.1, -0.05) is 6.07 Å². The fourth-order valence-corrected chi connectivity index (χ4v) is 3.22. The van der Waals surface area contributed by atoms with E-state index in [0.29, 0.717) is 17.9 Å². The van der Waals surface area contributed by atoms with E-state index in [-0.39, 0.29) is 5.56 Å². The highest BCUT2D eigenvalue weighted by atomic mass is 16.1. The largest absolute Gasteiger partial charge is 0.350 e. The molecule has 7 nitrogen and oxygen atoms in total. The fraction of sp³-hybridized carbons (Fsp3) is 0.333. The van der Waals surface area contributed by atoms with Crippen LogP contribution in [0.5, 0.6) is 0 Å². The number of benzene rings is 1. The van der Waals surface area contributed by atoms with Gasteiger partial charge in [-0.2, -0.15) is 5.10 Å². The first-order valence-electron chi connectivity index (χ1n) is 7.40. The molecule has 3 aromatic rings. The Kier molecular flexibility index (Phi) is 3.10. The van der Waals surface area contributed by atoms with Gasteiger partial charge in [0.25, 0.3) is 5.56 Å². The zero-order valence-electron chi connectivity index (χ0n) is 11.9. The van der Waals surface area contributed by atoms with Gasteiger partial charge in [0.2, 0.25) is 5.95 Å². The molecule has 1 saturated carbocycles. The summed E-state index contributed by atoms with van der Waals surface area (Å²) in [5, 5.41) is 17.3. The lowest BCUT2D eigenvalue weighted by molar-refractivity contribution is 0.697. The standard InChI is InChI=1S/C15H16N6O/c22-14-12-8-10(2-4-13(12)19-20-14)9-1-3-11(7-9)18-15-16-5-6-17-21-15/h2,4-6,8-9,11H,1,3,7H2,(H,16,18,21)(H2,19,20,22). The Morgan fingerprint density at radius 2 is 2.14 bits per heavy atom. The van der Waals surface area contributed by atoms with Crippen molar-refractivity contribution in [2.45, 2.75) is 31.2 Å². The summed E-state index contributed by atoms with van der Waals surface area (Å²) in [6, 6.07) is 6.40. The molecule has 2 heterocycles. The van der Waals surface area contributed by atoms with Gasteiger partial charge in [-0.25, -0.2) is 4.98 Å². The molecule has 22 heavy (non-hydrogen) atoms. The second kappa shape index (κ2) is 5.25. The number of aromatic amines is 2. The van der Waals surface area contributed by atoms with E-state index >= 15 is 0 Å². The van der Waals surface area contributed by atoms with Crippen LogP contribution in [0, 0.1) is 0 Å². The minimum atomic E-state index is -0.0618. The average Bonchev–Trinajstić information content (AvgIpc) is 3.16. The molecule has 7 heteroatoms. The second-order valence-corrected chi connectivity index (χ2v) is 5.70. The van der Waals surface area contributed by atoms with Crippen LogP contribution in [0.4, 0.5) is 5.95 Å². The Hall–Kier alpha value is -2.70. The molecule has 0 radical (unpaired) electrons.